The average Bonchev–Trinajstić information content (AvgIpc) is 2.98. The van der Waals surface area contributed by atoms with Crippen molar-refractivity contribution in [3.8, 4) is 22.1 Å². The van der Waals surface area contributed by atoms with Gasteiger partial charge in [0, 0.05) is 23.3 Å². The highest BCUT2D eigenvalue weighted by Crippen LogP contribution is 2.25. The van der Waals surface area contributed by atoms with Crippen molar-refractivity contribution in [1.29, 1.82) is 0 Å². The van der Waals surface area contributed by atoms with Crippen molar-refractivity contribution in [1.82, 2.24) is 20.1 Å². The van der Waals surface area contributed by atoms with Crippen LogP contribution in [0.2, 0.25) is 0 Å². The molecule has 3 rings (SSSR count). The zero-order valence-electron chi connectivity index (χ0n) is 8.45. The number of hydrogen-bond acceptors (Lipinski definition) is 6. The lowest BCUT2D eigenvalue weighted by Crippen LogP contribution is -1.94. The van der Waals surface area contributed by atoms with Crippen LogP contribution in [0.3, 0.4) is 0 Å². The molecule has 0 aromatic carbocycles. The van der Waals surface area contributed by atoms with Gasteiger partial charge in [0.15, 0.2) is 5.01 Å². The third-order valence-electron chi connectivity index (χ3n) is 2.10. The first kappa shape index (κ1) is 9.91. The minimum atomic E-state index is -0.585. The smallest absolute Gasteiger partial charge is 0.295 e. The minimum absolute atomic E-state index is 0.343. The molecule has 0 spiro atoms. The first-order valence-corrected chi connectivity index (χ1v) is 5.63. The van der Waals surface area contributed by atoms with Gasteiger partial charge in [-0.15, -0.1) is 11.3 Å². The van der Waals surface area contributed by atoms with Gasteiger partial charge in [0.05, 0.1) is 5.69 Å². The van der Waals surface area contributed by atoms with Crippen molar-refractivity contribution < 1.29 is 4.52 Å². The van der Waals surface area contributed by atoms with Gasteiger partial charge in [-0.3, -0.25) is 14.5 Å². The number of aromatic amines is 1. The molecule has 0 aliphatic heterocycles. The van der Waals surface area contributed by atoms with Gasteiger partial charge in [-0.05, 0) is 12.1 Å². The van der Waals surface area contributed by atoms with E-state index in [4.69, 9.17) is 0 Å². The van der Waals surface area contributed by atoms with Crippen LogP contribution in [0.4, 0.5) is 0 Å². The van der Waals surface area contributed by atoms with E-state index >= 15 is 0 Å². The van der Waals surface area contributed by atoms with E-state index in [0.717, 1.165) is 11.3 Å². The number of thiazole rings is 1. The Morgan fingerprint density at radius 3 is 3.06 bits per heavy atom. The first-order valence-electron chi connectivity index (χ1n) is 4.75. The number of nitrogens with zero attached hydrogens (tertiary/aromatic N) is 3. The fourth-order valence-corrected chi connectivity index (χ4v) is 2.11. The number of H-pyrrole nitrogens is 1. The lowest BCUT2D eigenvalue weighted by atomic mass is 10.2. The van der Waals surface area contributed by atoms with Crippen molar-refractivity contribution in [3.63, 3.8) is 0 Å². The van der Waals surface area contributed by atoms with E-state index in [1.54, 1.807) is 12.4 Å². The molecule has 17 heavy (non-hydrogen) atoms. The summed E-state index contributed by atoms with van der Waals surface area (Å²) in [6.45, 7) is 0. The number of pyridine rings is 1. The third-order valence-corrected chi connectivity index (χ3v) is 2.95. The Morgan fingerprint density at radius 2 is 2.35 bits per heavy atom. The summed E-state index contributed by atoms with van der Waals surface area (Å²) in [4.78, 5) is 21.6. The van der Waals surface area contributed by atoms with E-state index in [1.165, 1.54) is 11.3 Å². The maximum Gasteiger partial charge on any atom is 0.439 e. The van der Waals surface area contributed by atoms with E-state index < -0.39 is 5.76 Å². The number of nitrogens with one attached hydrogen (secondary N) is 1. The van der Waals surface area contributed by atoms with Crippen LogP contribution in [-0.4, -0.2) is 20.1 Å². The number of aromatic nitrogens is 4. The molecule has 0 radical (unpaired) electrons. The fourth-order valence-electron chi connectivity index (χ4n) is 1.35. The molecule has 7 heteroatoms. The van der Waals surface area contributed by atoms with Gasteiger partial charge in [0.25, 0.3) is 0 Å². The van der Waals surface area contributed by atoms with Crippen LogP contribution < -0.4 is 5.76 Å². The Balaban J connectivity index is 2.01. The highest BCUT2D eigenvalue weighted by Gasteiger charge is 2.10. The number of hydrogen-bond donors (Lipinski definition) is 1. The lowest BCUT2D eigenvalue weighted by molar-refractivity contribution is 0.388. The lowest BCUT2D eigenvalue weighted by Gasteiger charge is -1.92. The second kappa shape index (κ2) is 3.95. The Kier molecular flexibility index (Phi) is 2.30. The third kappa shape index (κ3) is 1.87. The summed E-state index contributed by atoms with van der Waals surface area (Å²) in [5.41, 5.74) is 1.71. The zero-order chi connectivity index (χ0) is 11.7. The van der Waals surface area contributed by atoms with Crippen LogP contribution >= 0.6 is 11.3 Å². The van der Waals surface area contributed by atoms with Gasteiger partial charge >= 0.3 is 5.76 Å². The van der Waals surface area contributed by atoms with Gasteiger partial charge in [-0.1, -0.05) is 5.16 Å². The van der Waals surface area contributed by atoms with Crippen LogP contribution in [0.5, 0.6) is 0 Å². The molecular weight excluding hydrogens is 240 g/mol. The van der Waals surface area contributed by atoms with E-state index in [-0.39, 0.29) is 0 Å². The molecule has 84 valence electrons. The van der Waals surface area contributed by atoms with Crippen molar-refractivity contribution in [3.05, 3.63) is 40.5 Å². The first-order chi connectivity index (χ1) is 8.33. The molecule has 0 bridgehead atoms. The monoisotopic (exact) mass is 246 g/mol. The number of rotatable bonds is 2. The molecule has 3 aromatic rings. The van der Waals surface area contributed by atoms with Crippen molar-refractivity contribution >= 4 is 11.3 Å². The van der Waals surface area contributed by atoms with Crippen LogP contribution in [-0.2, 0) is 0 Å². The fraction of sp³-hybridized carbons (Fsp3) is 0. The minimum Gasteiger partial charge on any atom is -0.295 e. The molecule has 1 N–H and O–H groups in total. The van der Waals surface area contributed by atoms with Gasteiger partial charge < -0.3 is 0 Å². The highest BCUT2D eigenvalue weighted by molar-refractivity contribution is 7.13. The van der Waals surface area contributed by atoms with Gasteiger partial charge in [-0.25, -0.2) is 9.78 Å². The maximum absolute atomic E-state index is 10.8. The second-order valence-corrected chi connectivity index (χ2v) is 4.08. The Bertz CT molecular complexity index is 685. The van der Waals surface area contributed by atoms with Gasteiger partial charge in [0.2, 0.25) is 5.82 Å². The topological polar surface area (TPSA) is 84.7 Å². The molecule has 0 aliphatic carbocycles. The summed E-state index contributed by atoms with van der Waals surface area (Å²) in [6.07, 6.45) is 3.43. The van der Waals surface area contributed by atoms with E-state index in [9.17, 15) is 4.79 Å². The normalized spacial score (nSPS) is 10.6. The van der Waals surface area contributed by atoms with Crippen molar-refractivity contribution in [2.24, 2.45) is 0 Å². The van der Waals surface area contributed by atoms with E-state index in [2.05, 4.69) is 24.6 Å². The van der Waals surface area contributed by atoms with E-state index in [0.29, 0.717) is 10.8 Å². The maximum atomic E-state index is 10.8. The molecule has 3 heterocycles. The van der Waals surface area contributed by atoms with Crippen LogP contribution in [0, 0.1) is 0 Å². The largest absolute Gasteiger partial charge is 0.439 e. The second-order valence-electron chi connectivity index (χ2n) is 3.22. The summed E-state index contributed by atoms with van der Waals surface area (Å²) in [5.74, 6) is -0.242. The van der Waals surface area contributed by atoms with Crippen molar-refractivity contribution in [2.75, 3.05) is 0 Å². The van der Waals surface area contributed by atoms with Gasteiger partial charge in [0.1, 0.15) is 0 Å². The SMILES string of the molecule is O=c1[nH]c(-c2nc(-c3cccnc3)cs2)no1. The van der Waals surface area contributed by atoms with Crippen LogP contribution in [0.15, 0.2) is 39.2 Å². The molecule has 0 unspecified atom stereocenters. The Hall–Kier alpha value is -2.28. The van der Waals surface area contributed by atoms with Crippen LogP contribution in [0.25, 0.3) is 22.1 Å². The quantitative estimate of drug-likeness (QED) is 0.741. The highest BCUT2D eigenvalue weighted by atomic mass is 32.1. The predicted molar refractivity (Wildman–Crippen MR) is 61.5 cm³/mol. The molecule has 0 saturated heterocycles. The molecule has 0 fully saturated rings. The molecular formula is C10H6N4O2S. The Labute approximate surface area is 99.0 Å². The standard InChI is InChI=1S/C10H6N4O2S/c15-10-13-8(14-16-10)9-12-7(5-17-9)6-2-1-3-11-4-6/h1-5H,(H,13,14,15). The van der Waals surface area contributed by atoms with E-state index in [1.807, 2.05) is 17.5 Å². The van der Waals surface area contributed by atoms with Crippen LogP contribution in [0.1, 0.15) is 0 Å². The van der Waals surface area contributed by atoms with Crippen molar-refractivity contribution in [2.45, 2.75) is 0 Å². The van der Waals surface area contributed by atoms with Gasteiger partial charge in [-0.2, -0.15) is 0 Å². The molecule has 0 amide bonds. The zero-order valence-corrected chi connectivity index (χ0v) is 9.27. The summed E-state index contributed by atoms with van der Waals surface area (Å²) < 4.78 is 4.43. The summed E-state index contributed by atoms with van der Waals surface area (Å²) in [7, 11) is 0. The summed E-state index contributed by atoms with van der Waals surface area (Å²) in [6, 6.07) is 3.75. The summed E-state index contributed by atoms with van der Waals surface area (Å²) in [5, 5.41) is 6.06. The molecule has 0 atom stereocenters. The molecule has 0 aliphatic rings. The summed E-state index contributed by atoms with van der Waals surface area (Å²) >= 11 is 1.38. The predicted octanol–water partition coefficient (Wildman–Crippen LogP) is 1.55. The molecule has 3 aromatic heterocycles. The Morgan fingerprint density at radius 1 is 1.41 bits per heavy atom. The molecule has 0 saturated carbocycles. The molecule has 6 nitrogen and oxygen atoms in total. The average molecular weight is 246 g/mol.